The number of H-pyrrole nitrogens is 2. The zero-order valence-corrected chi connectivity index (χ0v) is 20.9. The van der Waals surface area contributed by atoms with Gasteiger partial charge < -0.3 is 10.3 Å². The van der Waals surface area contributed by atoms with Crippen LogP contribution in [0, 0.1) is 11.7 Å². The molecule has 0 radical (unpaired) electrons. The first-order valence-electron chi connectivity index (χ1n) is 13.0. The SMILES string of the molecule is O=C(Nc1cncc(-c2ccc3[nH]nc(-c4nc5c(-c6ccccc6F)cncc5[nH]4)c3c2)c1)C1CCCC1. The van der Waals surface area contributed by atoms with E-state index < -0.39 is 0 Å². The van der Waals surface area contributed by atoms with Crippen LogP contribution in [0.3, 0.4) is 0 Å². The van der Waals surface area contributed by atoms with E-state index in [0.29, 0.717) is 39.4 Å². The van der Waals surface area contributed by atoms with E-state index >= 15 is 0 Å². The summed E-state index contributed by atoms with van der Waals surface area (Å²) in [6.07, 6.45) is 10.8. The van der Waals surface area contributed by atoms with Crippen molar-refractivity contribution in [2.45, 2.75) is 25.7 Å². The van der Waals surface area contributed by atoms with Gasteiger partial charge in [0.05, 0.1) is 29.1 Å². The Hall–Kier alpha value is -4.92. The highest BCUT2D eigenvalue weighted by molar-refractivity contribution is 5.98. The van der Waals surface area contributed by atoms with Crippen LogP contribution in [0.1, 0.15) is 25.7 Å². The quantitative estimate of drug-likeness (QED) is 0.242. The lowest BCUT2D eigenvalue weighted by molar-refractivity contribution is -0.119. The van der Waals surface area contributed by atoms with Crippen LogP contribution >= 0.6 is 0 Å². The van der Waals surface area contributed by atoms with Crippen molar-refractivity contribution in [3.63, 3.8) is 0 Å². The third-order valence-corrected chi connectivity index (χ3v) is 7.41. The maximum absolute atomic E-state index is 14.6. The standard InChI is InChI=1S/C30H24FN7O/c31-24-8-4-3-7-21(24)23-15-33-16-26-27(23)36-29(35-26)28-22-12-18(9-10-25(22)37-38-28)19-11-20(14-32-13-19)34-30(39)17-5-1-2-6-17/h3-4,7-17H,1-2,5-6H2,(H,34,39)(H,35,36)(H,37,38). The summed E-state index contributed by atoms with van der Waals surface area (Å²) in [6.45, 7) is 0. The largest absolute Gasteiger partial charge is 0.335 e. The summed E-state index contributed by atoms with van der Waals surface area (Å²) in [5, 5.41) is 11.5. The van der Waals surface area contributed by atoms with E-state index in [4.69, 9.17) is 4.98 Å². The Morgan fingerprint density at radius 3 is 2.62 bits per heavy atom. The highest BCUT2D eigenvalue weighted by Gasteiger charge is 2.23. The third kappa shape index (κ3) is 4.21. The molecule has 0 saturated heterocycles. The predicted octanol–water partition coefficient (Wildman–Crippen LogP) is 6.50. The predicted molar refractivity (Wildman–Crippen MR) is 148 cm³/mol. The van der Waals surface area contributed by atoms with Gasteiger partial charge in [0.25, 0.3) is 0 Å². The van der Waals surface area contributed by atoms with Gasteiger partial charge >= 0.3 is 0 Å². The number of benzene rings is 2. The van der Waals surface area contributed by atoms with Crippen molar-refractivity contribution in [2.75, 3.05) is 5.32 Å². The number of hydrogen-bond donors (Lipinski definition) is 3. The average molecular weight is 518 g/mol. The lowest BCUT2D eigenvalue weighted by Crippen LogP contribution is -2.20. The van der Waals surface area contributed by atoms with E-state index in [9.17, 15) is 9.18 Å². The number of halogens is 1. The zero-order valence-electron chi connectivity index (χ0n) is 20.9. The van der Waals surface area contributed by atoms with E-state index in [-0.39, 0.29) is 17.6 Å². The lowest BCUT2D eigenvalue weighted by atomic mass is 10.0. The van der Waals surface area contributed by atoms with Crippen molar-refractivity contribution in [3.8, 4) is 33.8 Å². The van der Waals surface area contributed by atoms with Crippen molar-refractivity contribution >= 4 is 33.5 Å². The molecule has 0 atom stereocenters. The molecule has 8 nitrogen and oxygen atoms in total. The molecule has 1 aliphatic carbocycles. The third-order valence-electron chi connectivity index (χ3n) is 7.41. The van der Waals surface area contributed by atoms with E-state index in [1.54, 1.807) is 43.0 Å². The van der Waals surface area contributed by atoms with E-state index in [0.717, 1.165) is 47.7 Å². The molecule has 192 valence electrons. The second-order valence-corrected chi connectivity index (χ2v) is 9.91. The number of anilines is 1. The number of carbonyl (C=O) groups excluding carboxylic acids is 1. The highest BCUT2D eigenvalue weighted by atomic mass is 19.1. The number of aromatic amines is 2. The molecule has 9 heteroatoms. The number of aromatic nitrogens is 6. The Morgan fingerprint density at radius 1 is 0.897 bits per heavy atom. The Kier molecular flexibility index (Phi) is 5.61. The van der Waals surface area contributed by atoms with Crippen LogP contribution in [-0.2, 0) is 4.79 Å². The molecule has 1 fully saturated rings. The second kappa shape index (κ2) is 9.43. The number of imidazole rings is 1. The molecule has 3 N–H and O–H groups in total. The molecule has 0 spiro atoms. The minimum absolute atomic E-state index is 0.0631. The minimum Gasteiger partial charge on any atom is -0.335 e. The molecule has 1 aliphatic rings. The van der Waals surface area contributed by atoms with Crippen LogP contribution in [-0.4, -0.2) is 36.0 Å². The lowest BCUT2D eigenvalue weighted by Gasteiger charge is -2.11. The summed E-state index contributed by atoms with van der Waals surface area (Å²) in [7, 11) is 0. The van der Waals surface area contributed by atoms with Gasteiger partial charge in [0, 0.05) is 40.4 Å². The van der Waals surface area contributed by atoms with Gasteiger partial charge in [-0.3, -0.25) is 19.9 Å². The maximum atomic E-state index is 14.6. The average Bonchev–Trinajstić information content (AvgIpc) is 3.73. The molecular formula is C30H24FN7O. The summed E-state index contributed by atoms with van der Waals surface area (Å²) in [4.78, 5) is 29.4. The number of hydrogen-bond acceptors (Lipinski definition) is 5. The number of pyridine rings is 2. The van der Waals surface area contributed by atoms with Crippen LogP contribution in [0.25, 0.3) is 55.7 Å². The molecule has 0 aliphatic heterocycles. The van der Waals surface area contributed by atoms with Gasteiger partial charge in [-0.15, -0.1) is 0 Å². The van der Waals surface area contributed by atoms with Gasteiger partial charge in [-0.1, -0.05) is 37.1 Å². The van der Waals surface area contributed by atoms with Gasteiger partial charge in [0.2, 0.25) is 5.91 Å². The first-order chi connectivity index (χ1) is 19.1. The zero-order chi connectivity index (χ0) is 26.3. The Bertz CT molecular complexity index is 1850. The number of rotatable bonds is 5. The van der Waals surface area contributed by atoms with Gasteiger partial charge in [-0.05, 0) is 42.7 Å². The summed E-state index contributed by atoms with van der Waals surface area (Å²) in [5.41, 5.74) is 6.33. The van der Waals surface area contributed by atoms with Crippen molar-refractivity contribution in [2.24, 2.45) is 5.92 Å². The fourth-order valence-corrected chi connectivity index (χ4v) is 5.39. The van der Waals surface area contributed by atoms with Gasteiger partial charge in [-0.25, -0.2) is 9.37 Å². The smallest absolute Gasteiger partial charge is 0.227 e. The normalized spacial score (nSPS) is 13.9. The molecule has 0 unspecified atom stereocenters. The minimum atomic E-state index is -0.332. The molecule has 4 aromatic heterocycles. The number of carbonyl (C=O) groups is 1. The molecule has 2 aromatic carbocycles. The first kappa shape index (κ1) is 23.2. The van der Waals surface area contributed by atoms with Gasteiger partial charge in [0.1, 0.15) is 17.0 Å². The van der Waals surface area contributed by atoms with Crippen LogP contribution < -0.4 is 5.32 Å². The van der Waals surface area contributed by atoms with Crippen molar-refractivity contribution in [3.05, 3.63) is 79.1 Å². The van der Waals surface area contributed by atoms with Crippen molar-refractivity contribution < 1.29 is 9.18 Å². The molecule has 6 aromatic rings. The fourth-order valence-electron chi connectivity index (χ4n) is 5.39. The monoisotopic (exact) mass is 517 g/mol. The van der Waals surface area contributed by atoms with Gasteiger partial charge in [0.15, 0.2) is 5.82 Å². The van der Waals surface area contributed by atoms with Crippen LogP contribution in [0.4, 0.5) is 10.1 Å². The van der Waals surface area contributed by atoms with Gasteiger partial charge in [-0.2, -0.15) is 5.10 Å². The summed E-state index contributed by atoms with van der Waals surface area (Å²) in [6, 6.07) is 14.5. The topological polar surface area (TPSA) is 112 Å². The van der Waals surface area contributed by atoms with Crippen LogP contribution in [0.15, 0.2) is 73.3 Å². The van der Waals surface area contributed by atoms with Crippen LogP contribution in [0.5, 0.6) is 0 Å². The number of nitrogens with one attached hydrogen (secondary N) is 3. The number of nitrogens with zero attached hydrogens (tertiary/aromatic N) is 4. The molecule has 7 rings (SSSR count). The molecular weight excluding hydrogens is 493 g/mol. The Balaban J connectivity index is 1.25. The van der Waals surface area contributed by atoms with E-state index in [1.807, 2.05) is 24.3 Å². The summed E-state index contributed by atoms with van der Waals surface area (Å²) in [5.74, 6) is 0.362. The molecule has 4 heterocycles. The number of amides is 1. The number of fused-ring (bicyclic) bond motifs is 2. The highest BCUT2D eigenvalue weighted by Crippen LogP contribution is 2.34. The molecule has 1 saturated carbocycles. The van der Waals surface area contributed by atoms with Crippen molar-refractivity contribution in [1.82, 2.24) is 30.1 Å². The summed E-state index contributed by atoms with van der Waals surface area (Å²) < 4.78 is 14.6. The molecule has 1 amide bonds. The molecule has 39 heavy (non-hydrogen) atoms. The van der Waals surface area contributed by atoms with E-state index in [1.165, 1.54) is 6.07 Å². The fraction of sp³-hybridized carbons (Fsp3) is 0.167. The van der Waals surface area contributed by atoms with E-state index in [2.05, 4.69) is 30.5 Å². The van der Waals surface area contributed by atoms with Crippen LogP contribution in [0.2, 0.25) is 0 Å². The maximum Gasteiger partial charge on any atom is 0.227 e. The Morgan fingerprint density at radius 2 is 1.74 bits per heavy atom. The summed E-state index contributed by atoms with van der Waals surface area (Å²) >= 11 is 0. The second-order valence-electron chi connectivity index (χ2n) is 9.91. The molecule has 0 bridgehead atoms. The Labute approximate surface area is 222 Å². The first-order valence-corrected chi connectivity index (χ1v) is 13.0. The van der Waals surface area contributed by atoms with Crippen molar-refractivity contribution in [1.29, 1.82) is 0 Å².